The largest absolute Gasteiger partial charge is 0.573 e. The van der Waals surface area contributed by atoms with Crippen molar-refractivity contribution in [2.24, 2.45) is 0 Å². The minimum absolute atomic E-state index is 0.144. The van der Waals surface area contributed by atoms with Crippen LogP contribution in [0.25, 0.3) is 27.8 Å². The molecule has 0 saturated carbocycles. The third-order valence-electron chi connectivity index (χ3n) is 6.14. The van der Waals surface area contributed by atoms with E-state index in [1.807, 2.05) is 30.8 Å². The highest BCUT2D eigenvalue weighted by atomic mass is 19.4. The van der Waals surface area contributed by atoms with Gasteiger partial charge in [0.2, 0.25) is 0 Å². The highest BCUT2D eigenvalue weighted by molar-refractivity contribution is 5.96. The number of alkyl halides is 3. The molecule has 0 unspecified atom stereocenters. The van der Waals surface area contributed by atoms with E-state index in [0.29, 0.717) is 17.0 Å². The number of hydrogen-bond donors (Lipinski definition) is 0. The van der Waals surface area contributed by atoms with Gasteiger partial charge >= 0.3 is 6.36 Å². The van der Waals surface area contributed by atoms with E-state index in [2.05, 4.69) is 21.4 Å². The lowest BCUT2D eigenvalue weighted by Crippen LogP contribution is -2.48. The summed E-state index contributed by atoms with van der Waals surface area (Å²) in [5.41, 5.74) is 3.24. The Hall–Kier alpha value is -4.22. The smallest absolute Gasteiger partial charge is 0.406 e. The average molecular weight is 514 g/mol. The zero-order chi connectivity index (χ0) is 26.5. The zero-order valence-electron chi connectivity index (χ0n) is 19.9. The van der Waals surface area contributed by atoms with Gasteiger partial charge in [0.1, 0.15) is 5.75 Å². The van der Waals surface area contributed by atoms with E-state index in [9.17, 15) is 22.4 Å². The number of pyridine rings is 1. The second-order valence-electron chi connectivity index (χ2n) is 9.01. The molecule has 1 saturated heterocycles. The topological polar surface area (TPSA) is 78.1 Å². The normalized spacial score (nSPS) is 14.3. The molecule has 0 N–H and O–H groups in total. The number of amides is 1. The maximum Gasteiger partial charge on any atom is 0.573 e. The molecule has 0 spiro atoms. The predicted molar refractivity (Wildman–Crippen MR) is 127 cm³/mol. The summed E-state index contributed by atoms with van der Waals surface area (Å²) in [6.07, 6.45) is 0.468. The first-order valence-electron chi connectivity index (χ1n) is 11.4. The van der Waals surface area contributed by atoms with E-state index in [0.717, 1.165) is 16.5 Å². The molecule has 1 aliphatic rings. The Kier molecular flexibility index (Phi) is 5.97. The first-order chi connectivity index (χ1) is 17.5. The van der Waals surface area contributed by atoms with Crippen molar-refractivity contribution in [2.75, 3.05) is 13.1 Å². The minimum atomic E-state index is -4.80. The summed E-state index contributed by atoms with van der Waals surface area (Å²) in [5, 5.41) is 9.91. The summed E-state index contributed by atoms with van der Waals surface area (Å²) in [5.74, 6) is -2.36. The number of hydrogen-bond acceptors (Lipinski definition) is 5. The molecule has 0 bridgehead atoms. The number of aromatic nitrogens is 5. The molecule has 37 heavy (non-hydrogen) atoms. The summed E-state index contributed by atoms with van der Waals surface area (Å²) in [7, 11) is 0. The number of halogens is 4. The summed E-state index contributed by atoms with van der Waals surface area (Å²) in [6, 6.07) is 7.28. The lowest BCUT2D eigenvalue weighted by molar-refractivity contribution is -0.274. The summed E-state index contributed by atoms with van der Waals surface area (Å²) >= 11 is 0. The van der Waals surface area contributed by atoms with Crippen LogP contribution < -0.4 is 4.74 Å². The van der Waals surface area contributed by atoms with Crippen molar-refractivity contribution >= 4 is 16.9 Å². The summed E-state index contributed by atoms with van der Waals surface area (Å²) < 4.78 is 58.5. The third kappa shape index (κ3) is 4.66. The van der Waals surface area contributed by atoms with Crippen molar-refractivity contribution in [2.45, 2.75) is 32.2 Å². The maximum atomic E-state index is 13.4. The quantitative estimate of drug-likeness (QED) is 0.262. The van der Waals surface area contributed by atoms with E-state index in [4.69, 9.17) is 5.10 Å². The van der Waals surface area contributed by atoms with E-state index in [-0.39, 0.29) is 30.8 Å². The predicted octanol–water partition coefficient (Wildman–Crippen LogP) is 5.17. The summed E-state index contributed by atoms with van der Waals surface area (Å²) in [4.78, 5) is 17.8. The van der Waals surface area contributed by atoms with Crippen LogP contribution in [0, 0.1) is 0 Å². The van der Waals surface area contributed by atoms with Gasteiger partial charge in [-0.3, -0.25) is 9.48 Å². The van der Waals surface area contributed by atoms with E-state index >= 15 is 0 Å². The lowest BCUT2D eigenvalue weighted by Gasteiger charge is -2.38. The molecule has 5 rings (SSSR count). The van der Waals surface area contributed by atoms with Gasteiger partial charge in [-0.05, 0) is 49.7 Å². The molecule has 1 aliphatic heterocycles. The van der Waals surface area contributed by atoms with Crippen LogP contribution in [0.15, 0.2) is 61.3 Å². The van der Waals surface area contributed by atoms with E-state index < -0.39 is 18.1 Å². The second kappa shape index (κ2) is 9.02. The fraction of sp³-hybridized carbons (Fsp3) is 0.280. The van der Waals surface area contributed by atoms with E-state index in [1.54, 1.807) is 12.4 Å². The standard InChI is InChI=1S/C25H22F4N6O2/c1-14(2)34-13-16(10-31-34)20-8-9-30-23-21(20)22(17-11-33(12-17)24(36)15(3)26)32-35(23)18-4-6-19(7-5-18)37-25(27,28)29/h4-10,13-14,17H,3,11-12H2,1-2H3. The van der Waals surface area contributed by atoms with Crippen molar-refractivity contribution in [1.82, 2.24) is 29.4 Å². The van der Waals surface area contributed by atoms with Crippen LogP contribution in [0.3, 0.4) is 0 Å². The molecule has 1 aromatic carbocycles. The van der Waals surface area contributed by atoms with Gasteiger partial charge in [0.05, 0.1) is 23.0 Å². The zero-order valence-corrected chi connectivity index (χ0v) is 19.9. The van der Waals surface area contributed by atoms with Gasteiger partial charge in [-0.15, -0.1) is 13.2 Å². The van der Waals surface area contributed by atoms with Gasteiger partial charge in [0.25, 0.3) is 5.91 Å². The molecular formula is C25H22F4N6O2. The molecule has 192 valence electrons. The molecular weight excluding hydrogens is 492 g/mol. The number of nitrogens with zero attached hydrogens (tertiary/aromatic N) is 6. The average Bonchev–Trinajstić information content (AvgIpc) is 3.43. The van der Waals surface area contributed by atoms with Gasteiger partial charge in [-0.1, -0.05) is 6.58 Å². The molecule has 4 aromatic rings. The number of likely N-dealkylation sites (tertiary alicyclic amines) is 1. The fourth-order valence-corrected chi connectivity index (χ4v) is 4.31. The number of benzene rings is 1. The number of fused-ring (bicyclic) bond motifs is 1. The van der Waals surface area contributed by atoms with Crippen molar-refractivity contribution in [3.05, 3.63) is 67.0 Å². The Balaban J connectivity index is 1.60. The molecule has 8 nitrogen and oxygen atoms in total. The monoisotopic (exact) mass is 514 g/mol. The molecule has 12 heteroatoms. The minimum Gasteiger partial charge on any atom is -0.406 e. The highest BCUT2D eigenvalue weighted by Crippen LogP contribution is 2.38. The van der Waals surface area contributed by atoms with Crippen LogP contribution in [-0.2, 0) is 4.79 Å². The SMILES string of the molecule is C=C(F)C(=O)N1CC(c2nn(-c3ccc(OC(F)(F)F)cc3)c3nccc(-c4cnn(C(C)C)c4)c23)C1. The number of ether oxygens (including phenoxy) is 1. The van der Waals surface area contributed by atoms with Crippen LogP contribution in [0.2, 0.25) is 0 Å². The van der Waals surface area contributed by atoms with Gasteiger partial charge < -0.3 is 9.64 Å². The molecule has 1 amide bonds. The Labute approximate surface area is 208 Å². The first-order valence-corrected chi connectivity index (χ1v) is 11.4. The van der Waals surface area contributed by atoms with Crippen molar-refractivity contribution in [3.63, 3.8) is 0 Å². The molecule has 0 aliphatic carbocycles. The van der Waals surface area contributed by atoms with E-state index in [1.165, 1.54) is 33.8 Å². The number of rotatable bonds is 6. The van der Waals surface area contributed by atoms with Gasteiger partial charge in [0, 0.05) is 43.0 Å². The van der Waals surface area contributed by atoms with Gasteiger partial charge in [-0.25, -0.2) is 14.1 Å². The molecule has 0 radical (unpaired) electrons. The Bertz CT molecular complexity index is 1480. The third-order valence-corrected chi connectivity index (χ3v) is 6.14. The first kappa shape index (κ1) is 24.5. The van der Waals surface area contributed by atoms with Crippen LogP contribution in [0.4, 0.5) is 17.6 Å². The van der Waals surface area contributed by atoms with Crippen LogP contribution in [0.5, 0.6) is 5.75 Å². The second-order valence-corrected chi connectivity index (χ2v) is 9.01. The molecule has 0 atom stereocenters. The van der Waals surface area contributed by atoms with Crippen molar-refractivity contribution in [1.29, 1.82) is 0 Å². The Morgan fingerprint density at radius 2 is 1.86 bits per heavy atom. The lowest BCUT2D eigenvalue weighted by atomic mass is 9.92. The summed E-state index contributed by atoms with van der Waals surface area (Å²) in [6.45, 7) is 7.57. The molecule has 4 heterocycles. The van der Waals surface area contributed by atoms with Crippen LogP contribution in [0.1, 0.15) is 31.5 Å². The Morgan fingerprint density at radius 3 is 2.46 bits per heavy atom. The highest BCUT2D eigenvalue weighted by Gasteiger charge is 2.37. The van der Waals surface area contributed by atoms with Crippen LogP contribution in [-0.4, -0.2) is 54.8 Å². The van der Waals surface area contributed by atoms with Gasteiger partial charge in [0.15, 0.2) is 11.5 Å². The number of carbonyl (C=O) groups is 1. The van der Waals surface area contributed by atoms with Crippen LogP contribution >= 0.6 is 0 Å². The maximum absolute atomic E-state index is 13.4. The fourth-order valence-electron chi connectivity index (χ4n) is 4.31. The molecule has 3 aromatic heterocycles. The van der Waals surface area contributed by atoms with Crippen molar-refractivity contribution in [3.8, 4) is 22.6 Å². The Morgan fingerprint density at radius 1 is 1.16 bits per heavy atom. The van der Waals surface area contributed by atoms with Crippen molar-refractivity contribution < 1.29 is 27.1 Å². The van der Waals surface area contributed by atoms with Gasteiger partial charge in [-0.2, -0.15) is 10.2 Å². The molecule has 1 fully saturated rings. The number of carbonyl (C=O) groups excluding carboxylic acids is 1.